The van der Waals surface area contributed by atoms with Gasteiger partial charge in [0.2, 0.25) is 0 Å². The number of benzene rings is 1. The van der Waals surface area contributed by atoms with E-state index in [4.69, 9.17) is 4.74 Å². The standard InChI is InChI=1S/C16H17NO2S/c1-12(2)19-14-8-13(9-17-10-14)16(18)11-20-15-6-4-3-5-7-15/h3-10,12H,11H2,1-2H3. The lowest BCUT2D eigenvalue weighted by Crippen LogP contribution is -2.08. The first-order chi connectivity index (χ1) is 9.65. The Labute approximate surface area is 123 Å². The minimum absolute atomic E-state index is 0.0561. The summed E-state index contributed by atoms with van der Waals surface area (Å²) in [6.45, 7) is 3.89. The molecular formula is C16H17NO2S. The first-order valence-electron chi connectivity index (χ1n) is 6.48. The summed E-state index contributed by atoms with van der Waals surface area (Å²) in [6, 6.07) is 11.6. The van der Waals surface area contributed by atoms with Crippen LogP contribution in [0.4, 0.5) is 0 Å². The second kappa shape index (κ2) is 7.10. The molecule has 20 heavy (non-hydrogen) atoms. The molecule has 0 aliphatic heterocycles. The van der Waals surface area contributed by atoms with Crippen LogP contribution in [0.15, 0.2) is 53.7 Å². The topological polar surface area (TPSA) is 39.2 Å². The van der Waals surface area contributed by atoms with Crippen LogP contribution in [0.3, 0.4) is 0 Å². The summed E-state index contributed by atoms with van der Waals surface area (Å²) < 4.78 is 5.55. The zero-order valence-electron chi connectivity index (χ0n) is 11.6. The number of thioether (sulfide) groups is 1. The van der Waals surface area contributed by atoms with Gasteiger partial charge in [-0.05, 0) is 32.0 Å². The lowest BCUT2D eigenvalue weighted by molar-refractivity contribution is 0.102. The Bertz CT molecular complexity index is 570. The lowest BCUT2D eigenvalue weighted by Gasteiger charge is -2.09. The number of aromatic nitrogens is 1. The van der Waals surface area contributed by atoms with Gasteiger partial charge in [0.05, 0.1) is 18.1 Å². The van der Waals surface area contributed by atoms with Crippen LogP contribution in [0.1, 0.15) is 24.2 Å². The maximum atomic E-state index is 12.1. The summed E-state index contributed by atoms with van der Waals surface area (Å²) in [6.07, 6.45) is 3.28. The Kier molecular flexibility index (Phi) is 5.18. The molecule has 0 unspecified atom stereocenters. The number of Topliss-reactive ketones (excluding diaryl/α,β-unsaturated/α-hetero) is 1. The van der Waals surface area contributed by atoms with Gasteiger partial charge in [0.1, 0.15) is 5.75 Å². The Morgan fingerprint density at radius 2 is 2.00 bits per heavy atom. The molecule has 2 rings (SSSR count). The number of ketones is 1. The molecule has 0 N–H and O–H groups in total. The van der Waals surface area contributed by atoms with Gasteiger partial charge in [-0.25, -0.2) is 0 Å². The van der Waals surface area contributed by atoms with Crippen LogP contribution in [0.25, 0.3) is 0 Å². The van der Waals surface area contributed by atoms with E-state index in [1.54, 1.807) is 18.5 Å². The van der Waals surface area contributed by atoms with E-state index in [1.165, 1.54) is 11.8 Å². The lowest BCUT2D eigenvalue weighted by atomic mass is 10.2. The van der Waals surface area contributed by atoms with E-state index in [9.17, 15) is 4.79 Å². The van der Waals surface area contributed by atoms with Crippen LogP contribution in [0.5, 0.6) is 5.75 Å². The summed E-state index contributed by atoms with van der Waals surface area (Å²) >= 11 is 1.52. The fourth-order valence-electron chi connectivity index (χ4n) is 1.66. The van der Waals surface area contributed by atoms with Crippen LogP contribution in [-0.2, 0) is 0 Å². The van der Waals surface area contributed by atoms with Crippen molar-refractivity contribution in [2.45, 2.75) is 24.8 Å². The molecule has 3 nitrogen and oxygen atoms in total. The molecule has 1 heterocycles. The molecule has 1 aromatic carbocycles. The van der Waals surface area contributed by atoms with Crippen LogP contribution in [0, 0.1) is 0 Å². The fraction of sp³-hybridized carbons (Fsp3) is 0.250. The van der Waals surface area contributed by atoms with Crippen molar-refractivity contribution in [2.24, 2.45) is 0 Å². The van der Waals surface area contributed by atoms with Gasteiger partial charge in [-0.3, -0.25) is 9.78 Å². The van der Waals surface area contributed by atoms with E-state index in [0.29, 0.717) is 17.1 Å². The molecule has 0 spiro atoms. The number of carbonyl (C=O) groups excluding carboxylic acids is 1. The number of hydrogen-bond acceptors (Lipinski definition) is 4. The minimum atomic E-state index is 0.0561. The highest BCUT2D eigenvalue weighted by molar-refractivity contribution is 8.00. The van der Waals surface area contributed by atoms with Gasteiger partial charge < -0.3 is 4.74 Å². The van der Waals surface area contributed by atoms with E-state index in [-0.39, 0.29) is 11.9 Å². The summed E-state index contributed by atoms with van der Waals surface area (Å²) in [5.74, 6) is 1.09. The molecule has 4 heteroatoms. The van der Waals surface area contributed by atoms with Crippen molar-refractivity contribution >= 4 is 17.5 Å². The largest absolute Gasteiger partial charge is 0.489 e. The summed E-state index contributed by atoms with van der Waals surface area (Å²) in [5, 5.41) is 0. The average Bonchev–Trinajstić information content (AvgIpc) is 2.45. The van der Waals surface area contributed by atoms with Crippen molar-refractivity contribution in [1.82, 2.24) is 4.98 Å². The molecule has 0 fully saturated rings. The molecule has 0 aliphatic carbocycles. The fourth-order valence-corrected chi connectivity index (χ4v) is 2.47. The maximum absolute atomic E-state index is 12.1. The van der Waals surface area contributed by atoms with Gasteiger partial charge in [-0.2, -0.15) is 0 Å². The van der Waals surface area contributed by atoms with Crippen molar-refractivity contribution in [3.05, 3.63) is 54.4 Å². The maximum Gasteiger partial charge on any atom is 0.174 e. The van der Waals surface area contributed by atoms with Gasteiger partial charge in [-0.1, -0.05) is 18.2 Å². The van der Waals surface area contributed by atoms with Gasteiger partial charge >= 0.3 is 0 Å². The summed E-state index contributed by atoms with van der Waals surface area (Å²) in [7, 11) is 0. The van der Waals surface area contributed by atoms with Gasteiger partial charge in [0.25, 0.3) is 0 Å². The van der Waals surface area contributed by atoms with Crippen LogP contribution in [-0.4, -0.2) is 22.6 Å². The monoisotopic (exact) mass is 287 g/mol. The summed E-state index contributed by atoms with van der Waals surface area (Å²) in [4.78, 5) is 17.3. The van der Waals surface area contributed by atoms with Gasteiger partial charge in [-0.15, -0.1) is 11.8 Å². The van der Waals surface area contributed by atoms with E-state index < -0.39 is 0 Å². The number of carbonyl (C=O) groups is 1. The molecule has 0 atom stereocenters. The molecular weight excluding hydrogens is 270 g/mol. The van der Waals surface area contributed by atoms with E-state index in [0.717, 1.165) is 4.90 Å². The zero-order valence-corrected chi connectivity index (χ0v) is 12.4. The Balaban J connectivity index is 1.98. The quantitative estimate of drug-likeness (QED) is 0.597. The highest BCUT2D eigenvalue weighted by Gasteiger charge is 2.09. The number of ether oxygens (including phenoxy) is 1. The summed E-state index contributed by atoms with van der Waals surface area (Å²) in [5.41, 5.74) is 0.589. The molecule has 0 amide bonds. The highest BCUT2D eigenvalue weighted by atomic mass is 32.2. The average molecular weight is 287 g/mol. The third kappa shape index (κ3) is 4.38. The molecule has 104 valence electrons. The number of pyridine rings is 1. The molecule has 2 aromatic rings. The van der Waals surface area contributed by atoms with Crippen LogP contribution < -0.4 is 4.74 Å². The van der Waals surface area contributed by atoms with Crippen molar-refractivity contribution in [3.8, 4) is 5.75 Å². The third-order valence-corrected chi connectivity index (χ3v) is 3.53. The highest BCUT2D eigenvalue weighted by Crippen LogP contribution is 2.20. The molecule has 0 radical (unpaired) electrons. The molecule has 1 aromatic heterocycles. The molecule has 0 aliphatic rings. The van der Waals surface area contributed by atoms with Crippen molar-refractivity contribution in [2.75, 3.05) is 5.75 Å². The molecule has 0 saturated carbocycles. The van der Waals surface area contributed by atoms with Gasteiger partial charge in [0.15, 0.2) is 5.78 Å². The van der Waals surface area contributed by atoms with Crippen molar-refractivity contribution in [1.29, 1.82) is 0 Å². The van der Waals surface area contributed by atoms with Crippen LogP contribution in [0.2, 0.25) is 0 Å². The van der Waals surface area contributed by atoms with E-state index in [1.807, 2.05) is 44.2 Å². The number of nitrogens with zero attached hydrogens (tertiary/aromatic N) is 1. The second-order valence-electron chi connectivity index (χ2n) is 4.60. The zero-order chi connectivity index (χ0) is 14.4. The second-order valence-corrected chi connectivity index (χ2v) is 5.65. The van der Waals surface area contributed by atoms with Crippen molar-refractivity contribution < 1.29 is 9.53 Å². The Hall–Kier alpha value is -1.81. The number of hydrogen-bond donors (Lipinski definition) is 0. The minimum Gasteiger partial charge on any atom is -0.489 e. The first-order valence-corrected chi connectivity index (χ1v) is 7.46. The number of rotatable bonds is 6. The Morgan fingerprint density at radius 3 is 2.70 bits per heavy atom. The molecule has 0 saturated heterocycles. The van der Waals surface area contributed by atoms with E-state index >= 15 is 0 Å². The van der Waals surface area contributed by atoms with Crippen LogP contribution >= 0.6 is 11.8 Å². The molecule has 0 bridgehead atoms. The SMILES string of the molecule is CC(C)Oc1cncc(C(=O)CSc2ccccc2)c1. The smallest absolute Gasteiger partial charge is 0.174 e. The van der Waals surface area contributed by atoms with E-state index in [2.05, 4.69) is 4.98 Å². The van der Waals surface area contributed by atoms with Crippen molar-refractivity contribution in [3.63, 3.8) is 0 Å². The van der Waals surface area contributed by atoms with Gasteiger partial charge in [0, 0.05) is 16.7 Å². The predicted octanol–water partition coefficient (Wildman–Crippen LogP) is 3.84. The predicted molar refractivity (Wildman–Crippen MR) is 81.5 cm³/mol. The Morgan fingerprint density at radius 1 is 1.25 bits per heavy atom. The first kappa shape index (κ1) is 14.6. The normalized spacial score (nSPS) is 10.6. The third-order valence-electron chi connectivity index (χ3n) is 2.52.